The van der Waals surface area contributed by atoms with Gasteiger partial charge in [0.05, 0.1) is 19.8 Å². The van der Waals surface area contributed by atoms with Gasteiger partial charge in [0.1, 0.15) is 0 Å². The summed E-state index contributed by atoms with van der Waals surface area (Å²) >= 11 is 0. The zero-order valence-electron chi connectivity index (χ0n) is 8.06. The van der Waals surface area contributed by atoms with Crippen LogP contribution in [-0.2, 0) is 9.47 Å². The van der Waals surface area contributed by atoms with E-state index < -0.39 is 0 Å². The first-order valence-electron chi connectivity index (χ1n) is 4.58. The van der Waals surface area contributed by atoms with Crippen LogP contribution >= 0.6 is 0 Å². The van der Waals surface area contributed by atoms with Gasteiger partial charge in [0, 0.05) is 19.2 Å². The van der Waals surface area contributed by atoms with Gasteiger partial charge in [0.25, 0.3) is 0 Å². The van der Waals surface area contributed by atoms with E-state index in [1.165, 1.54) is 12.8 Å². The van der Waals surface area contributed by atoms with Crippen molar-refractivity contribution in [3.05, 3.63) is 0 Å². The molecular weight excluding hydrogens is 154 g/mol. The number of hydrogen-bond donors (Lipinski definition) is 1. The first-order valence-corrected chi connectivity index (χ1v) is 4.58. The van der Waals surface area contributed by atoms with E-state index in [-0.39, 0.29) is 0 Å². The summed E-state index contributed by atoms with van der Waals surface area (Å²) in [6.45, 7) is 5.40. The smallest absolute Gasteiger partial charge is 0.0700 e. The summed E-state index contributed by atoms with van der Waals surface area (Å²) in [4.78, 5) is 0. The Morgan fingerprint density at radius 3 is 2.58 bits per heavy atom. The zero-order chi connectivity index (χ0) is 8.86. The van der Waals surface area contributed by atoms with Gasteiger partial charge in [-0.3, -0.25) is 0 Å². The van der Waals surface area contributed by atoms with Crippen LogP contribution in [0.3, 0.4) is 0 Å². The van der Waals surface area contributed by atoms with Crippen LogP contribution in [-0.4, -0.2) is 39.0 Å². The summed E-state index contributed by atoms with van der Waals surface area (Å²) in [7, 11) is 1.69. The van der Waals surface area contributed by atoms with Crippen LogP contribution < -0.4 is 5.32 Å². The van der Waals surface area contributed by atoms with Gasteiger partial charge in [0.2, 0.25) is 0 Å². The van der Waals surface area contributed by atoms with E-state index in [0.717, 1.165) is 13.2 Å². The maximum atomic E-state index is 5.31. The molecule has 1 fully saturated rings. The van der Waals surface area contributed by atoms with Gasteiger partial charge in [0.15, 0.2) is 0 Å². The lowest BCUT2D eigenvalue weighted by atomic mass is 10.3. The van der Waals surface area contributed by atoms with Gasteiger partial charge in [-0.25, -0.2) is 0 Å². The maximum Gasteiger partial charge on any atom is 0.0700 e. The van der Waals surface area contributed by atoms with Crippen molar-refractivity contribution in [2.45, 2.75) is 25.3 Å². The summed E-state index contributed by atoms with van der Waals surface area (Å²) in [6.07, 6.45) is 2.62. The molecule has 72 valence electrons. The molecule has 1 aliphatic carbocycles. The Bertz CT molecular complexity index is 124. The molecule has 1 aliphatic rings. The second-order valence-electron chi connectivity index (χ2n) is 3.59. The Morgan fingerprint density at radius 2 is 2.00 bits per heavy atom. The quantitative estimate of drug-likeness (QED) is 0.577. The van der Waals surface area contributed by atoms with Crippen molar-refractivity contribution in [2.24, 2.45) is 0 Å². The highest BCUT2D eigenvalue weighted by atomic mass is 16.5. The second kappa shape index (κ2) is 4.80. The fourth-order valence-electron chi connectivity index (χ4n) is 1.03. The summed E-state index contributed by atoms with van der Waals surface area (Å²) in [5, 5.41) is 3.44. The first kappa shape index (κ1) is 9.96. The van der Waals surface area contributed by atoms with E-state index in [1.807, 2.05) is 0 Å². The fourth-order valence-corrected chi connectivity index (χ4v) is 1.03. The van der Waals surface area contributed by atoms with E-state index in [1.54, 1.807) is 7.11 Å². The van der Waals surface area contributed by atoms with E-state index in [0.29, 0.717) is 18.8 Å². The van der Waals surface area contributed by atoms with Crippen LogP contribution in [0.2, 0.25) is 0 Å². The third kappa shape index (κ3) is 4.04. The third-order valence-electron chi connectivity index (χ3n) is 2.23. The molecule has 0 radical (unpaired) electrons. The molecule has 0 aliphatic heterocycles. The van der Waals surface area contributed by atoms with Crippen molar-refractivity contribution in [3.8, 4) is 0 Å². The fraction of sp³-hybridized carbons (Fsp3) is 1.00. The minimum absolute atomic E-state index is 0.435. The average Bonchev–Trinajstić information content (AvgIpc) is 2.77. The highest BCUT2D eigenvalue weighted by molar-refractivity contribution is 4.97. The normalized spacial score (nSPS) is 19.5. The van der Waals surface area contributed by atoms with E-state index >= 15 is 0 Å². The zero-order valence-corrected chi connectivity index (χ0v) is 8.06. The van der Waals surface area contributed by atoms with Crippen LogP contribution in [0.1, 0.15) is 19.8 Å². The highest BCUT2D eigenvalue weighted by Gasteiger charge is 2.35. The van der Waals surface area contributed by atoms with Crippen LogP contribution in [0.5, 0.6) is 0 Å². The van der Waals surface area contributed by atoms with Crippen molar-refractivity contribution in [3.63, 3.8) is 0 Å². The van der Waals surface area contributed by atoms with Crippen molar-refractivity contribution in [2.75, 3.05) is 33.5 Å². The predicted octanol–water partition coefficient (Wildman–Crippen LogP) is 0.791. The molecule has 0 bridgehead atoms. The predicted molar refractivity (Wildman–Crippen MR) is 48.3 cm³/mol. The van der Waals surface area contributed by atoms with Crippen LogP contribution in [0.15, 0.2) is 0 Å². The van der Waals surface area contributed by atoms with Crippen molar-refractivity contribution in [1.82, 2.24) is 5.32 Å². The summed E-state index contributed by atoms with van der Waals surface area (Å²) in [5.74, 6) is 0. The molecular formula is C9H19NO2. The van der Waals surface area contributed by atoms with Gasteiger partial charge in [-0.2, -0.15) is 0 Å². The minimum Gasteiger partial charge on any atom is -0.382 e. The lowest BCUT2D eigenvalue weighted by Gasteiger charge is -2.10. The largest absolute Gasteiger partial charge is 0.382 e. The Hall–Kier alpha value is -0.120. The van der Waals surface area contributed by atoms with E-state index in [9.17, 15) is 0 Å². The van der Waals surface area contributed by atoms with Crippen molar-refractivity contribution in [1.29, 1.82) is 0 Å². The van der Waals surface area contributed by atoms with Crippen LogP contribution in [0, 0.1) is 0 Å². The first-order chi connectivity index (χ1) is 5.77. The number of methoxy groups -OCH3 is 1. The van der Waals surface area contributed by atoms with Crippen LogP contribution in [0.25, 0.3) is 0 Å². The molecule has 1 saturated carbocycles. The molecule has 0 aromatic rings. The van der Waals surface area contributed by atoms with Crippen molar-refractivity contribution < 1.29 is 9.47 Å². The third-order valence-corrected chi connectivity index (χ3v) is 2.23. The number of nitrogens with one attached hydrogen (secondary N) is 1. The SMILES string of the molecule is COCCOCCNC1(C)CC1. The van der Waals surface area contributed by atoms with Crippen LogP contribution in [0.4, 0.5) is 0 Å². The van der Waals surface area contributed by atoms with Gasteiger partial charge < -0.3 is 14.8 Å². The molecule has 1 N–H and O–H groups in total. The Morgan fingerprint density at radius 1 is 1.25 bits per heavy atom. The number of ether oxygens (including phenoxy) is 2. The average molecular weight is 173 g/mol. The standard InChI is InChI=1S/C9H19NO2/c1-9(3-4-9)10-5-6-12-8-7-11-2/h10H,3-8H2,1-2H3. The molecule has 3 heteroatoms. The topological polar surface area (TPSA) is 30.5 Å². The minimum atomic E-state index is 0.435. The Labute approximate surface area is 74.4 Å². The molecule has 0 spiro atoms. The highest BCUT2D eigenvalue weighted by Crippen LogP contribution is 2.33. The monoisotopic (exact) mass is 173 g/mol. The van der Waals surface area contributed by atoms with Crippen molar-refractivity contribution >= 4 is 0 Å². The summed E-state index contributed by atoms with van der Waals surface area (Å²) < 4.78 is 10.2. The Kier molecular flexibility index (Phi) is 3.98. The molecule has 0 aromatic carbocycles. The molecule has 3 nitrogen and oxygen atoms in total. The van der Waals surface area contributed by atoms with Gasteiger partial charge in [-0.1, -0.05) is 0 Å². The second-order valence-corrected chi connectivity index (χ2v) is 3.59. The van der Waals surface area contributed by atoms with Gasteiger partial charge >= 0.3 is 0 Å². The molecule has 0 amide bonds. The molecule has 0 atom stereocenters. The maximum absolute atomic E-state index is 5.31. The summed E-state index contributed by atoms with van der Waals surface area (Å²) in [5.41, 5.74) is 0.435. The molecule has 1 rings (SSSR count). The van der Waals surface area contributed by atoms with Gasteiger partial charge in [-0.15, -0.1) is 0 Å². The van der Waals surface area contributed by atoms with Gasteiger partial charge in [-0.05, 0) is 19.8 Å². The van der Waals surface area contributed by atoms with E-state index in [2.05, 4.69) is 12.2 Å². The molecule has 0 aromatic heterocycles. The number of rotatable bonds is 7. The number of hydrogen-bond acceptors (Lipinski definition) is 3. The molecule has 0 heterocycles. The lowest BCUT2D eigenvalue weighted by molar-refractivity contribution is 0.0709. The molecule has 12 heavy (non-hydrogen) atoms. The lowest BCUT2D eigenvalue weighted by Crippen LogP contribution is -2.31. The summed E-state index contributed by atoms with van der Waals surface area (Å²) in [6, 6.07) is 0. The Balaban J connectivity index is 1.77. The van der Waals surface area contributed by atoms with E-state index in [4.69, 9.17) is 9.47 Å². The molecule has 0 unspecified atom stereocenters. The molecule has 0 saturated heterocycles.